The Morgan fingerprint density at radius 3 is 2.72 bits per heavy atom. The van der Waals surface area contributed by atoms with Gasteiger partial charge in [0, 0.05) is 52.5 Å². The maximum Gasteiger partial charge on any atom is 0.227 e. The predicted molar refractivity (Wildman–Crippen MR) is 109 cm³/mol. The van der Waals surface area contributed by atoms with Gasteiger partial charge in [-0.1, -0.05) is 6.92 Å². The van der Waals surface area contributed by atoms with E-state index in [4.69, 9.17) is 0 Å². The largest absolute Gasteiger partial charge is 0.359 e. The molecule has 1 aliphatic rings. The Balaban J connectivity index is 1.80. The Hall–Kier alpha value is -2.97. The molecule has 1 saturated heterocycles. The highest BCUT2D eigenvalue weighted by molar-refractivity contribution is 5.78. The summed E-state index contributed by atoms with van der Waals surface area (Å²) in [5, 5.41) is 11.5. The number of hydrogen-bond donors (Lipinski definition) is 1. The Morgan fingerprint density at radius 1 is 1.31 bits per heavy atom. The summed E-state index contributed by atoms with van der Waals surface area (Å²) in [6.45, 7) is 4.31. The fourth-order valence-corrected chi connectivity index (χ4v) is 3.61. The van der Waals surface area contributed by atoms with Crippen LogP contribution in [0, 0.1) is 5.92 Å². The Kier molecular flexibility index (Phi) is 6.79. The van der Waals surface area contributed by atoms with Gasteiger partial charge in [-0.2, -0.15) is 0 Å². The van der Waals surface area contributed by atoms with Gasteiger partial charge < -0.3 is 15.1 Å². The van der Waals surface area contributed by atoms with Crippen LogP contribution in [-0.2, 0) is 29.1 Å². The highest BCUT2D eigenvalue weighted by Crippen LogP contribution is 2.19. The van der Waals surface area contributed by atoms with Crippen molar-refractivity contribution in [3.63, 3.8) is 0 Å². The molecule has 9 heteroatoms. The van der Waals surface area contributed by atoms with E-state index >= 15 is 0 Å². The van der Waals surface area contributed by atoms with Gasteiger partial charge in [-0.3, -0.25) is 19.1 Å². The number of likely N-dealkylation sites (tertiary alicyclic amines) is 1. The molecule has 2 aromatic heterocycles. The molecule has 0 aromatic carbocycles. The van der Waals surface area contributed by atoms with Crippen LogP contribution in [0.25, 0.3) is 0 Å². The molecule has 0 aliphatic carbocycles. The highest BCUT2D eigenvalue weighted by atomic mass is 16.2. The second kappa shape index (κ2) is 9.49. The molecule has 1 atom stereocenters. The zero-order valence-electron chi connectivity index (χ0n) is 17.3. The number of hydrogen-bond acceptors (Lipinski definition) is 6. The summed E-state index contributed by atoms with van der Waals surface area (Å²) < 4.78 is 2.06. The summed E-state index contributed by atoms with van der Waals surface area (Å²) in [5.74, 6) is 1.44. The smallest absolute Gasteiger partial charge is 0.227 e. The first-order chi connectivity index (χ1) is 14.0. The van der Waals surface area contributed by atoms with Crippen molar-refractivity contribution in [2.24, 2.45) is 5.92 Å². The fraction of sp³-hybridized carbons (Fsp3) is 0.550. The molecular formula is C20H29N7O2. The molecule has 9 nitrogen and oxygen atoms in total. The van der Waals surface area contributed by atoms with Gasteiger partial charge in [-0.15, -0.1) is 10.2 Å². The zero-order valence-corrected chi connectivity index (χ0v) is 17.3. The molecule has 0 saturated carbocycles. The number of aromatic nitrogens is 4. The average molecular weight is 399 g/mol. The third kappa shape index (κ3) is 5.10. The summed E-state index contributed by atoms with van der Waals surface area (Å²) in [4.78, 5) is 31.8. The summed E-state index contributed by atoms with van der Waals surface area (Å²) in [6, 6.07) is 3.98. The fourth-order valence-electron chi connectivity index (χ4n) is 3.61. The van der Waals surface area contributed by atoms with E-state index in [2.05, 4.69) is 25.1 Å². The van der Waals surface area contributed by atoms with Gasteiger partial charge in [0.25, 0.3) is 0 Å². The number of anilines is 1. The van der Waals surface area contributed by atoms with Crippen molar-refractivity contribution in [1.82, 2.24) is 30.0 Å². The van der Waals surface area contributed by atoms with Crippen LogP contribution < -0.4 is 10.2 Å². The van der Waals surface area contributed by atoms with Crippen LogP contribution in [0.1, 0.15) is 31.2 Å². The average Bonchev–Trinajstić information content (AvgIpc) is 3.32. The monoisotopic (exact) mass is 399 g/mol. The van der Waals surface area contributed by atoms with E-state index in [1.54, 1.807) is 19.4 Å². The number of nitrogens with zero attached hydrogens (tertiary/aromatic N) is 6. The lowest BCUT2D eigenvalue weighted by atomic mass is 10.1. The van der Waals surface area contributed by atoms with Gasteiger partial charge >= 0.3 is 0 Å². The van der Waals surface area contributed by atoms with Crippen LogP contribution in [0.3, 0.4) is 0 Å². The normalized spacial score (nSPS) is 14.9. The standard InChI is InChI=1S/C20H29N7O2/c1-15(19(29)21-2)13-25(3)20-24-23-17(14-26-11-4-5-18(26)28)27(20)12-8-16-6-9-22-10-7-16/h6-7,9-10,15H,4-5,8,11-14H2,1-3H3,(H,21,29). The number of amides is 2. The van der Waals surface area contributed by atoms with Crippen LogP contribution in [0.15, 0.2) is 24.5 Å². The van der Waals surface area contributed by atoms with E-state index in [9.17, 15) is 9.59 Å². The first-order valence-electron chi connectivity index (χ1n) is 10.0. The topological polar surface area (TPSA) is 96.3 Å². The van der Waals surface area contributed by atoms with Crippen LogP contribution >= 0.6 is 0 Å². The zero-order chi connectivity index (χ0) is 20.8. The molecule has 1 unspecified atom stereocenters. The molecule has 2 aromatic rings. The number of carbonyl (C=O) groups excluding carboxylic acids is 2. The lowest BCUT2D eigenvalue weighted by Crippen LogP contribution is -2.35. The maximum atomic E-state index is 12.1. The highest BCUT2D eigenvalue weighted by Gasteiger charge is 2.25. The minimum atomic E-state index is -0.182. The van der Waals surface area contributed by atoms with E-state index in [0.29, 0.717) is 32.0 Å². The SMILES string of the molecule is CNC(=O)C(C)CN(C)c1nnc(CN2CCCC2=O)n1CCc1ccncc1. The van der Waals surface area contributed by atoms with Gasteiger partial charge in [0.05, 0.1) is 12.5 Å². The summed E-state index contributed by atoms with van der Waals surface area (Å²) >= 11 is 0. The van der Waals surface area contributed by atoms with Crippen molar-refractivity contribution in [2.45, 2.75) is 39.3 Å². The number of aryl methyl sites for hydroxylation is 1. The third-order valence-electron chi connectivity index (χ3n) is 5.27. The van der Waals surface area contributed by atoms with Crippen LogP contribution in [-0.4, -0.2) is 63.6 Å². The maximum absolute atomic E-state index is 12.1. The van der Waals surface area contributed by atoms with Crippen molar-refractivity contribution in [3.05, 3.63) is 35.9 Å². The van der Waals surface area contributed by atoms with Crippen molar-refractivity contribution in [2.75, 3.05) is 32.1 Å². The number of carbonyl (C=O) groups is 2. The van der Waals surface area contributed by atoms with Crippen LogP contribution in [0.2, 0.25) is 0 Å². The molecule has 1 aliphatic heterocycles. The molecule has 0 radical (unpaired) electrons. The van der Waals surface area contributed by atoms with Crippen molar-refractivity contribution < 1.29 is 9.59 Å². The molecule has 1 N–H and O–H groups in total. The summed E-state index contributed by atoms with van der Waals surface area (Å²) in [6.07, 6.45) is 5.85. The van der Waals surface area contributed by atoms with Crippen LogP contribution in [0.4, 0.5) is 5.95 Å². The van der Waals surface area contributed by atoms with Crippen LogP contribution in [0.5, 0.6) is 0 Å². The molecule has 156 valence electrons. The first-order valence-corrected chi connectivity index (χ1v) is 10.0. The lowest BCUT2D eigenvalue weighted by Gasteiger charge is -2.23. The predicted octanol–water partition coefficient (Wildman–Crippen LogP) is 0.857. The first kappa shape index (κ1) is 20.8. The molecule has 1 fully saturated rings. The van der Waals surface area contributed by atoms with Gasteiger partial charge in [0.1, 0.15) is 0 Å². The van der Waals surface area contributed by atoms with Gasteiger partial charge in [-0.25, -0.2) is 0 Å². The minimum absolute atomic E-state index is 0.0115. The lowest BCUT2D eigenvalue weighted by molar-refractivity contribution is -0.128. The van der Waals surface area contributed by atoms with Gasteiger partial charge in [-0.05, 0) is 30.5 Å². The molecule has 3 rings (SSSR count). The Morgan fingerprint density at radius 2 is 2.07 bits per heavy atom. The Labute approximate surface area is 171 Å². The third-order valence-corrected chi connectivity index (χ3v) is 5.27. The number of nitrogens with one attached hydrogen (secondary N) is 1. The van der Waals surface area contributed by atoms with Crippen molar-refractivity contribution in [3.8, 4) is 0 Å². The molecule has 3 heterocycles. The van der Waals surface area contributed by atoms with Crippen molar-refractivity contribution in [1.29, 1.82) is 0 Å². The quantitative estimate of drug-likeness (QED) is 0.672. The second-order valence-electron chi connectivity index (χ2n) is 7.49. The minimum Gasteiger partial charge on any atom is -0.359 e. The molecule has 0 spiro atoms. The number of pyridine rings is 1. The van der Waals surface area contributed by atoms with E-state index in [1.165, 1.54) is 5.56 Å². The van der Waals surface area contributed by atoms with E-state index in [-0.39, 0.29) is 17.7 Å². The van der Waals surface area contributed by atoms with E-state index < -0.39 is 0 Å². The van der Waals surface area contributed by atoms with E-state index in [0.717, 1.165) is 25.2 Å². The molecule has 0 bridgehead atoms. The number of rotatable bonds is 9. The van der Waals surface area contributed by atoms with E-state index in [1.807, 2.05) is 35.9 Å². The molecular weight excluding hydrogens is 370 g/mol. The van der Waals surface area contributed by atoms with Gasteiger partial charge in [0.15, 0.2) is 5.82 Å². The Bertz CT molecular complexity index is 837. The molecule has 2 amide bonds. The van der Waals surface area contributed by atoms with Crippen molar-refractivity contribution >= 4 is 17.8 Å². The van der Waals surface area contributed by atoms with Gasteiger partial charge in [0.2, 0.25) is 17.8 Å². The summed E-state index contributed by atoms with van der Waals surface area (Å²) in [5.41, 5.74) is 1.17. The molecule has 29 heavy (non-hydrogen) atoms. The summed E-state index contributed by atoms with van der Waals surface area (Å²) in [7, 11) is 3.55. The second-order valence-corrected chi connectivity index (χ2v) is 7.49.